The second kappa shape index (κ2) is 13.0. The Hall–Kier alpha value is -2.30. The highest BCUT2D eigenvalue weighted by atomic mass is 16.5. The number of carbonyl (C=O) groups is 2. The van der Waals surface area contributed by atoms with Gasteiger partial charge in [0, 0.05) is 17.9 Å². The molecule has 0 spiro atoms. The highest BCUT2D eigenvalue weighted by Crippen LogP contribution is 2.26. The zero-order chi connectivity index (χ0) is 19.2. The summed E-state index contributed by atoms with van der Waals surface area (Å²) < 4.78 is 4.60. The summed E-state index contributed by atoms with van der Waals surface area (Å²) in [5.41, 5.74) is 0.748. The lowest BCUT2D eigenvalue weighted by Crippen LogP contribution is -2.06. The van der Waals surface area contributed by atoms with E-state index >= 15 is 0 Å². The molecule has 0 saturated carbocycles. The Morgan fingerprint density at radius 1 is 1.27 bits per heavy atom. The van der Waals surface area contributed by atoms with Gasteiger partial charge in [0.2, 0.25) is 0 Å². The second-order valence-corrected chi connectivity index (χ2v) is 6.28. The van der Waals surface area contributed by atoms with Crippen LogP contribution in [-0.2, 0) is 14.3 Å². The van der Waals surface area contributed by atoms with Gasteiger partial charge in [-0.2, -0.15) is 4.91 Å². The Morgan fingerprint density at radius 3 is 2.77 bits per heavy atom. The SMILES string of the molecule is CC/C=C\C[C@@H](C/C=C1/C(=O)C=C[C@@H]1C/C=C\CCCC(=O)OC)N=O. The van der Waals surface area contributed by atoms with Crippen LogP contribution < -0.4 is 0 Å². The first-order valence-corrected chi connectivity index (χ1v) is 9.24. The topological polar surface area (TPSA) is 72.8 Å². The number of carbonyl (C=O) groups excluding carboxylic acids is 2. The second-order valence-electron chi connectivity index (χ2n) is 6.28. The molecule has 0 radical (unpaired) electrons. The van der Waals surface area contributed by atoms with Crippen LogP contribution in [0.25, 0.3) is 0 Å². The van der Waals surface area contributed by atoms with E-state index in [2.05, 4.69) is 9.91 Å². The Labute approximate surface area is 155 Å². The summed E-state index contributed by atoms with van der Waals surface area (Å²) in [7, 11) is 1.39. The number of unbranched alkanes of at least 4 members (excludes halogenated alkanes) is 1. The molecular formula is C21H29NO4. The van der Waals surface area contributed by atoms with Crippen molar-refractivity contribution in [2.24, 2.45) is 11.1 Å². The highest BCUT2D eigenvalue weighted by Gasteiger charge is 2.22. The standard InChI is InChI=1S/C21H29NO4/c1-3-4-7-11-18(22-25)14-15-19-17(13-16-20(19)23)10-8-5-6-9-12-21(24)26-2/h4-5,7-8,13,15-18H,3,6,9-12,14H2,1-2H3/b7-4-,8-5-,19-15+/t17-,18-/m0/s1. The molecule has 142 valence electrons. The van der Waals surface area contributed by atoms with Crippen LogP contribution >= 0.6 is 0 Å². The first kappa shape index (κ1) is 21.7. The Bertz CT molecular complexity index is 587. The molecule has 0 bridgehead atoms. The minimum Gasteiger partial charge on any atom is -0.469 e. The quantitative estimate of drug-likeness (QED) is 0.164. The maximum atomic E-state index is 12.0. The maximum absolute atomic E-state index is 12.0. The normalized spacial score (nSPS) is 19.7. The van der Waals surface area contributed by atoms with Gasteiger partial charge in [0.15, 0.2) is 5.78 Å². The van der Waals surface area contributed by atoms with Crippen molar-refractivity contribution in [3.63, 3.8) is 0 Å². The average molecular weight is 359 g/mol. The fourth-order valence-corrected chi connectivity index (χ4v) is 2.74. The van der Waals surface area contributed by atoms with Crippen LogP contribution in [0.1, 0.15) is 51.9 Å². The lowest BCUT2D eigenvalue weighted by atomic mass is 9.95. The van der Waals surface area contributed by atoms with Crippen LogP contribution in [0.2, 0.25) is 0 Å². The molecule has 0 amide bonds. The van der Waals surface area contributed by atoms with Crippen molar-refractivity contribution in [3.05, 3.63) is 53.0 Å². The van der Waals surface area contributed by atoms with Crippen molar-refractivity contribution in [1.29, 1.82) is 0 Å². The fourth-order valence-electron chi connectivity index (χ4n) is 2.74. The van der Waals surface area contributed by atoms with E-state index in [1.165, 1.54) is 7.11 Å². The van der Waals surface area contributed by atoms with Crippen molar-refractivity contribution in [3.8, 4) is 0 Å². The summed E-state index contributed by atoms with van der Waals surface area (Å²) >= 11 is 0. The van der Waals surface area contributed by atoms with E-state index in [-0.39, 0.29) is 23.7 Å². The van der Waals surface area contributed by atoms with Crippen molar-refractivity contribution in [2.75, 3.05) is 7.11 Å². The Balaban J connectivity index is 2.48. The number of esters is 1. The van der Waals surface area contributed by atoms with Gasteiger partial charge in [-0.15, -0.1) is 0 Å². The molecular weight excluding hydrogens is 330 g/mol. The number of nitroso groups, excluding NO2 is 1. The summed E-state index contributed by atoms with van der Waals surface area (Å²) in [5.74, 6) is -0.124. The largest absolute Gasteiger partial charge is 0.469 e. The molecule has 1 aliphatic rings. The van der Waals surface area contributed by atoms with Gasteiger partial charge in [-0.25, -0.2) is 0 Å². The van der Waals surface area contributed by atoms with Crippen molar-refractivity contribution < 1.29 is 14.3 Å². The van der Waals surface area contributed by atoms with Gasteiger partial charge in [0.1, 0.15) is 0 Å². The third-order valence-corrected chi connectivity index (χ3v) is 4.27. The van der Waals surface area contributed by atoms with Gasteiger partial charge in [0.25, 0.3) is 0 Å². The third-order valence-electron chi connectivity index (χ3n) is 4.27. The number of rotatable bonds is 12. The molecule has 1 aliphatic carbocycles. The molecule has 0 aliphatic heterocycles. The maximum Gasteiger partial charge on any atom is 0.305 e. The van der Waals surface area contributed by atoms with E-state index in [4.69, 9.17) is 0 Å². The monoisotopic (exact) mass is 359 g/mol. The number of nitrogens with zero attached hydrogens (tertiary/aromatic N) is 1. The summed E-state index contributed by atoms with van der Waals surface area (Å²) in [4.78, 5) is 34.0. The van der Waals surface area contributed by atoms with Crippen LogP contribution in [-0.4, -0.2) is 24.9 Å². The molecule has 0 aromatic heterocycles. The van der Waals surface area contributed by atoms with Gasteiger partial charge < -0.3 is 4.74 Å². The molecule has 5 nitrogen and oxygen atoms in total. The molecule has 0 unspecified atom stereocenters. The first-order chi connectivity index (χ1) is 12.6. The van der Waals surface area contributed by atoms with Crippen molar-refractivity contribution in [2.45, 2.75) is 57.9 Å². The smallest absolute Gasteiger partial charge is 0.305 e. The van der Waals surface area contributed by atoms with E-state index in [1.807, 2.05) is 43.4 Å². The average Bonchev–Trinajstić information content (AvgIpc) is 3.00. The number of hydrogen-bond acceptors (Lipinski definition) is 5. The number of ketones is 1. The van der Waals surface area contributed by atoms with Crippen LogP contribution in [0.15, 0.2) is 53.3 Å². The predicted octanol–water partition coefficient (Wildman–Crippen LogP) is 4.84. The highest BCUT2D eigenvalue weighted by molar-refractivity contribution is 6.07. The molecule has 26 heavy (non-hydrogen) atoms. The molecule has 0 aromatic rings. The van der Waals surface area contributed by atoms with Gasteiger partial charge >= 0.3 is 5.97 Å². The van der Waals surface area contributed by atoms with Crippen LogP contribution in [0, 0.1) is 10.8 Å². The summed E-state index contributed by atoms with van der Waals surface area (Å²) in [6.07, 6.45) is 18.2. The number of hydrogen-bond donors (Lipinski definition) is 0. The molecule has 0 aromatic carbocycles. The Morgan fingerprint density at radius 2 is 2.08 bits per heavy atom. The summed E-state index contributed by atoms with van der Waals surface area (Å²) in [6.45, 7) is 2.04. The van der Waals surface area contributed by atoms with E-state index in [1.54, 1.807) is 6.08 Å². The van der Waals surface area contributed by atoms with Crippen LogP contribution in [0.5, 0.6) is 0 Å². The van der Waals surface area contributed by atoms with Gasteiger partial charge in [-0.3, -0.25) is 9.59 Å². The molecule has 0 saturated heterocycles. The lowest BCUT2D eigenvalue weighted by molar-refractivity contribution is -0.140. The first-order valence-electron chi connectivity index (χ1n) is 9.24. The number of allylic oxidation sites excluding steroid dienone is 6. The minimum absolute atomic E-state index is 0.0165. The van der Waals surface area contributed by atoms with E-state index in [0.29, 0.717) is 19.3 Å². The van der Waals surface area contributed by atoms with E-state index in [0.717, 1.165) is 31.3 Å². The van der Waals surface area contributed by atoms with Crippen LogP contribution in [0.4, 0.5) is 0 Å². The van der Waals surface area contributed by atoms with Crippen molar-refractivity contribution in [1.82, 2.24) is 0 Å². The van der Waals surface area contributed by atoms with Gasteiger partial charge in [-0.05, 0) is 44.6 Å². The summed E-state index contributed by atoms with van der Waals surface area (Å²) in [6, 6.07) is -0.326. The summed E-state index contributed by atoms with van der Waals surface area (Å²) in [5, 5.41) is 3.16. The van der Waals surface area contributed by atoms with E-state index in [9.17, 15) is 14.5 Å². The number of methoxy groups -OCH3 is 1. The third kappa shape index (κ3) is 8.19. The molecule has 0 N–H and O–H groups in total. The molecule has 2 atom stereocenters. The Kier molecular flexibility index (Phi) is 10.9. The number of ether oxygens (including phenoxy) is 1. The molecule has 1 rings (SSSR count). The predicted molar refractivity (Wildman–Crippen MR) is 104 cm³/mol. The van der Waals surface area contributed by atoms with E-state index < -0.39 is 0 Å². The lowest BCUT2D eigenvalue weighted by Gasteiger charge is -2.09. The van der Waals surface area contributed by atoms with Crippen LogP contribution in [0.3, 0.4) is 0 Å². The van der Waals surface area contributed by atoms with Gasteiger partial charge in [0.05, 0.1) is 13.2 Å². The zero-order valence-corrected chi connectivity index (χ0v) is 15.7. The zero-order valence-electron chi connectivity index (χ0n) is 15.7. The minimum atomic E-state index is -0.326. The molecule has 5 heteroatoms. The fraction of sp³-hybridized carbons (Fsp3) is 0.524. The molecule has 0 heterocycles. The van der Waals surface area contributed by atoms with Crippen molar-refractivity contribution >= 4 is 11.8 Å². The molecule has 0 fully saturated rings. The van der Waals surface area contributed by atoms with Gasteiger partial charge in [-0.1, -0.05) is 48.6 Å².